The number of hydrogen-bond acceptors (Lipinski definition) is 2. The average molecular weight is 465 g/mol. The average Bonchev–Trinajstić information content (AvgIpc) is 3.11. The number of nitrogens with zero attached hydrogens (tertiary/aromatic N) is 1. The van der Waals surface area contributed by atoms with Crippen molar-refractivity contribution >= 4 is 5.71 Å². The molecule has 0 bridgehead atoms. The minimum atomic E-state index is -7.94. The van der Waals surface area contributed by atoms with Crippen molar-refractivity contribution < 1.29 is 61.9 Å². The molecular weight excluding hydrogens is 457 g/mol. The van der Waals surface area contributed by atoms with Crippen LogP contribution in [-0.2, 0) is 4.84 Å². The lowest BCUT2D eigenvalue weighted by Crippen LogP contribution is -2.71. The van der Waals surface area contributed by atoms with E-state index in [1.807, 2.05) is 0 Å². The van der Waals surface area contributed by atoms with Crippen LogP contribution in [0.3, 0.4) is 0 Å². The molecular formula is C15H8F13NO. The van der Waals surface area contributed by atoms with Gasteiger partial charge in [0.15, 0.2) is 0 Å². The summed E-state index contributed by atoms with van der Waals surface area (Å²) in [6.07, 6.45) is -12.2. The van der Waals surface area contributed by atoms with Crippen LogP contribution in [0.25, 0.3) is 0 Å². The van der Waals surface area contributed by atoms with Gasteiger partial charge in [0.2, 0.25) is 6.10 Å². The summed E-state index contributed by atoms with van der Waals surface area (Å²) in [5, 5.41) is 2.94. The highest BCUT2D eigenvalue weighted by atomic mass is 19.4. The molecule has 0 aromatic heterocycles. The number of benzene rings is 1. The molecule has 0 N–H and O–H groups in total. The number of oxime groups is 1. The Labute approximate surface area is 158 Å². The Morgan fingerprint density at radius 1 is 0.667 bits per heavy atom. The Hall–Kier alpha value is -2.22. The minimum Gasteiger partial charge on any atom is -0.385 e. The molecule has 0 radical (unpaired) electrons. The van der Waals surface area contributed by atoms with Crippen molar-refractivity contribution in [2.24, 2.45) is 5.16 Å². The van der Waals surface area contributed by atoms with E-state index >= 15 is 0 Å². The second-order valence-corrected chi connectivity index (χ2v) is 6.12. The molecule has 1 aromatic carbocycles. The summed E-state index contributed by atoms with van der Waals surface area (Å²) in [5.41, 5.74) is -0.522. The van der Waals surface area contributed by atoms with Crippen LogP contribution in [0.2, 0.25) is 0 Å². The summed E-state index contributed by atoms with van der Waals surface area (Å²) in [4.78, 5) is 3.90. The van der Waals surface area contributed by atoms with Crippen LogP contribution >= 0.6 is 0 Å². The van der Waals surface area contributed by atoms with Crippen molar-refractivity contribution in [3.63, 3.8) is 0 Å². The molecule has 1 heterocycles. The molecule has 0 saturated heterocycles. The van der Waals surface area contributed by atoms with Crippen LogP contribution < -0.4 is 0 Å². The number of hydrogen-bond donors (Lipinski definition) is 0. The maximum atomic E-state index is 14.0. The third kappa shape index (κ3) is 3.25. The van der Waals surface area contributed by atoms with Gasteiger partial charge in [0.25, 0.3) is 0 Å². The number of halogens is 13. The second-order valence-electron chi connectivity index (χ2n) is 6.12. The summed E-state index contributed by atoms with van der Waals surface area (Å²) >= 11 is 0. The molecule has 2 nitrogen and oxygen atoms in total. The highest BCUT2D eigenvalue weighted by Gasteiger charge is 2.91. The standard InChI is InChI=1S/C15H8F13NO/c16-10(17,9-6-8(29-30-9)7-4-2-1-3-5-7)11(18,19)12(20,21)13(22,23)14(24,25)15(26,27)28/h1-5,9H,6H2. The van der Waals surface area contributed by atoms with Gasteiger partial charge in [-0.3, -0.25) is 0 Å². The lowest BCUT2D eigenvalue weighted by molar-refractivity contribution is -0.444. The fourth-order valence-corrected chi connectivity index (χ4v) is 2.36. The Kier molecular flexibility index (Phi) is 5.53. The van der Waals surface area contributed by atoms with Gasteiger partial charge in [-0.25, -0.2) is 0 Å². The van der Waals surface area contributed by atoms with Crippen molar-refractivity contribution in [1.82, 2.24) is 0 Å². The van der Waals surface area contributed by atoms with Crippen LogP contribution in [0.5, 0.6) is 0 Å². The topological polar surface area (TPSA) is 21.6 Å². The molecule has 1 aromatic rings. The first-order valence-electron chi connectivity index (χ1n) is 7.56. The Morgan fingerprint density at radius 2 is 1.13 bits per heavy atom. The van der Waals surface area contributed by atoms with Gasteiger partial charge >= 0.3 is 35.8 Å². The molecule has 2 rings (SSSR count). The zero-order valence-electron chi connectivity index (χ0n) is 13.9. The zero-order valence-corrected chi connectivity index (χ0v) is 13.9. The maximum Gasteiger partial charge on any atom is 0.460 e. The smallest absolute Gasteiger partial charge is 0.385 e. The van der Waals surface area contributed by atoms with Gasteiger partial charge in [-0.2, -0.15) is 57.1 Å². The molecule has 0 saturated carbocycles. The fraction of sp³-hybridized carbons (Fsp3) is 0.533. The Bertz CT molecular complexity index is 801. The van der Waals surface area contributed by atoms with Crippen LogP contribution in [0.4, 0.5) is 57.1 Å². The van der Waals surface area contributed by atoms with E-state index in [2.05, 4.69) is 9.99 Å². The first-order valence-corrected chi connectivity index (χ1v) is 7.56. The van der Waals surface area contributed by atoms with Gasteiger partial charge in [0.1, 0.15) is 0 Å². The van der Waals surface area contributed by atoms with Crippen molar-refractivity contribution in [3.05, 3.63) is 35.9 Å². The summed E-state index contributed by atoms with van der Waals surface area (Å²) in [5.74, 6) is -37.3. The largest absolute Gasteiger partial charge is 0.460 e. The predicted octanol–water partition coefficient (Wildman–Crippen LogP) is 5.92. The molecule has 0 amide bonds. The molecule has 1 unspecified atom stereocenters. The highest BCUT2D eigenvalue weighted by molar-refractivity contribution is 6.01. The molecule has 30 heavy (non-hydrogen) atoms. The zero-order chi connectivity index (χ0) is 23.4. The molecule has 0 spiro atoms. The van der Waals surface area contributed by atoms with Gasteiger partial charge in [-0.1, -0.05) is 35.5 Å². The van der Waals surface area contributed by atoms with Crippen molar-refractivity contribution in [2.75, 3.05) is 0 Å². The minimum absolute atomic E-state index is 0.0141. The van der Waals surface area contributed by atoms with E-state index in [4.69, 9.17) is 0 Å². The Balaban J connectivity index is 2.39. The third-order valence-corrected chi connectivity index (χ3v) is 4.14. The summed E-state index contributed by atoms with van der Waals surface area (Å²) in [6, 6.07) is 6.49. The van der Waals surface area contributed by atoms with Gasteiger partial charge in [-0.15, -0.1) is 0 Å². The van der Waals surface area contributed by atoms with Gasteiger partial charge < -0.3 is 4.84 Å². The third-order valence-electron chi connectivity index (χ3n) is 4.14. The number of alkyl halides is 13. The second kappa shape index (κ2) is 6.90. The molecule has 1 aliphatic rings. The van der Waals surface area contributed by atoms with Crippen molar-refractivity contribution in [1.29, 1.82) is 0 Å². The normalized spacial score (nSPS) is 19.5. The quantitative estimate of drug-likeness (QED) is 0.479. The van der Waals surface area contributed by atoms with E-state index in [1.165, 1.54) is 30.3 Å². The predicted molar refractivity (Wildman–Crippen MR) is 73.3 cm³/mol. The van der Waals surface area contributed by atoms with Gasteiger partial charge in [0, 0.05) is 6.42 Å². The van der Waals surface area contributed by atoms with E-state index in [9.17, 15) is 57.1 Å². The van der Waals surface area contributed by atoms with E-state index in [-0.39, 0.29) is 5.56 Å². The van der Waals surface area contributed by atoms with Crippen LogP contribution in [0.15, 0.2) is 35.5 Å². The van der Waals surface area contributed by atoms with E-state index in [0.29, 0.717) is 0 Å². The first-order chi connectivity index (χ1) is 13.3. The molecule has 1 atom stereocenters. The van der Waals surface area contributed by atoms with E-state index in [0.717, 1.165) is 0 Å². The monoisotopic (exact) mass is 465 g/mol. The molecule has 15 heteroatoms. The molecule has 0 fully saturated rings. The maximum absolute atomic E-state index is 14.0. The lowest BCUT2D eigenvalue weighted by atomic mass is 9.89. The highest BCUT2D eigenvalue weighted by Crippen LogP contribution is 2.61. The lowest BCUT2D eigenvalue weighted by Gasteiger charge is -2.40. The van der Waals surface area contributed by atoms with Gasteiger partial charge in [0.05, 0.1) is 5.71 Å². The van der Waals surface area contributed by atoms with Crippen LogP contribution in [0.1, 0.15) is 12.0 Å². The van der Waals surface area contributed by atoms with E-state index < -0.39 is 54.0 Å². The SMILES string of the molecule is FC(F)(F)C(F)(F)C(F)(F)C(F)(F)C(F)(F)C(F)(F)C1CC(c2ccccc2)=NO1. The molecule has 1 aliphatic heterocycles. The summed E-state index contributed by atoms with van der Waals surface area (Å²) in [7, 11) is 0. The van der Waals surface area contributed by atoms with Crippen LogP contribution in [0, 0.1) is 0 Å². The Morgan fingerprint density at radius 3 is 1.60 bits per heavy atom. The van der Waals surface area contributed by atoms with Crippen molar-refractivity contribution in [3.8, 4) is 0 Å². The summed E-state index contributed by atoms with van der Waals surface area (Å²) in [6.45, 7) is 0. The first kappa shape index (κ1) is 24.1. The van der Waals surface area contributed by atoms with E-state index in [1.54, 1.807) is 0 Å². The van der Waals surface area contributed by atoms with Crippen LogP contribution in [-0.4, -0.2) is 47.6 Å². The fourth-order valence-electron chi connectivity index (χ4n) is 2.36. The summed E-state index contributed by atoms with van der Waals surface area (Å²) < 4.78 is 171. The van der Waals surface area contributed by atoms with Crippen molar-refractivity contribution in [2.45, 2.75) is 48.3 Å². The molecule has 170 valence electrons. The van der Waals surface area contributed by atoms with Gasteiger partial charge in [-0.05, 0) is 5.56 Å². The molecule has 0 aliphatic carbocycles. The number of rotatable bonds is 6.